The van der Waals surface area contributed by atoms with Crippen molar-refractivity contribution in [2.24, 2.45) is 11.5 Å². The number of benzene rings is 1. The van der Waals surface area contributed by atoms with Gasteiger partial charge in [0.25, 0.3) is 0 Å². The van der Waals surface area contributed by atoms with Crippen LogP contribution in [0.4, 0.5) is 5.69 Å². The molecule has 0 saturated carbocycles. The first-order chi connectivity index (χ1) is 9.24. The van der Waals surface area contributed by atoms with Gasteiger partial charge in [-0.05, 0) is 12.1 Å². The Labute approximate surface area is 115 Å². The predicted octanol–water partition coefficient (Wildman–Crippen LogP) is 0.103. The lowest BCUT2D eigenvalue weighted by molar-refractivity contribution is 0.243. The summed E-state index contributed by atoms with van der Waals surface area (Å²) in [5.74, 6) is 0.939. The van der Waals surface area contributed by atoms with Crippen LogP contribution < -0.4 is 21.1 Å². The van der Waals surface area contributed by atoms with Crippen molar-refractivity contribution >= 4 is 5.69 Å². The van der Waals surface area contributed by atoms with Crippen molar-refractivity contribution in [1.82, 2.24) is 4.90 Å². The molecule has 1 aliphatic heterocycles. The Morgan fingerprint density at radius 1 is 1.21 bits per heavy atom. The number of nitrogens with two attached hydrogens (primary N) is 2. The molecule has 4 N–H and O–H groups in total. The zero-order valence-corrected chi connectivity index (χ0v) is 11.6. The van der Waals surface area contributed by atoms with Gasteiger partial charge in [-0.2, -0.15) is 0 Å². The lowest BCUT2D eigenvalue weighted by Gasteiger charge is -2.37. The van der Waals surface area contributed by atoms with Crippen molar-refractivity contribution in [2.75, 3.05) is 51.3 Å². The molecule has 5 nitrogen and oxygen atoms in total. The maximum atomic E-state index is 5.89. The van der Waals surface area contributed by atoms with Crippen LogP contribution in [0.2, 0.25) is 0 Å². The summed E-state index contributed by atoms with van der Waals surface area (Å²) in [6.45, 7) is 5.47. The Balaban J connectivity index is 1.92. The molecule has 1 unspecified atom stereocenters. The van der Waals surface area contributed by atoms with E-state index in [0.29, 0.717) is 6.54 Å². The second-order valence-corrected chi connectivity index (χ2v) is 4.96. The number of anilines is 1. The molecule has 5 heteroatoms. The third-order valence-electron chi connectivity index (χ3n) is 3.59. The summed E-state index contributed by atoms with van der Waals surface area (Å²) >= 11 is 0. The molecule has 106 valence electrons. The zero-order valence-electron chi connectivity index (χ0n) is 11.6. The maximum absolute atomic E-state index is 5.89. The molecule has 1 atom stereocenters. The van der Waals surface area contributed by atoms with Gasteiger partial charge in [-0.15, -0.1) is 0 Å². The summed E-state index contributed by atoms with van der Waals surface area (Å²) in [7, 11) is 1.72. The highest BCUT2D eigenvalue weighted by Gasteiger charge is 2.20. The van der Waals surface area contributed by atoms with Gasteiger partial charge in [0.15, 0.2) is 0 Å². The fraction of sp³-hybridized carbons (Fsp3) is 0.571. The highest BCUT2D eigenvalue weighted by molar-refractivity contribution is 5.58. The van der Waals surface area contributed by atoms with Gasteiger partial charge in [0.1, 0.15) is 5.75 Å². The average molecular weight is 264 g/mol. The van der Waals surface area contributed by atoms with Crippen molar-refractivity contribution in [3.8, 4) is 5.75 Å². The van der Waals surface area contributed by atoms with E-state index in [4.69, 9.17) is 16.2 Å². The highest BCUT2D eigenvalue weighted by Crippen LogP contribution is 2.28. The Morgan fingerprint density at radius 2 is 1.89 bits per heavy atom. The summed E-state index contributed by atoms with van der Waals surface area (Å²) in [4.78, 5) is 4.74. The van der Waals surface area contributed by atoms with Crippen LogP contribution in [0.25, 0.3) is 0 Å². The van der Waals surface area contributed by atoms with E-state index in [9.17, 15) is 0 Å². The quantitative estimate of drug-likeness (QED) is 0.790. The van der Waals surface area contributed by atoms with E-state index in [0.717, 1.165) is 38.5 Å². The molecule has 1 aromatic carbocycles. The molecule has 0 spiro atoms. The molecule has 0 radical (unpaired) electrons. The number of piperazine rings is 1. The van der Waals surface area contributed by atoms with E-state index in [1.165, 1.54) is 5.69 Å². The van der Waals surface area contributed by atoms with Crippen LogP contribution in [-0.4, -0.2) is 57.3 Å². The van der Waals surface area contributed by atoms with E-state index in [1.54, 1.807) is 7.11 Å². The molecule has 1 aliphatic rings. The lowest BCUT2D eigenvalue weighted by Crippen LogP contribution is -2.51. The number of hydrogen-bond acceptors (Lipinski definition) is 5. The minimum atomic E-state index is 0.0813. The first kappa shape index (κ1) is 14.1. The SMILES string of the molecule is COc1ccccc1N1CCN(CC(N)CN)CC1. The van der Waals surface area contributed by atoms with Crippen molar-refractivity contribution in [1.29, 1.82) is 0 Å². The summed E-state index contributed by atoms with van der Waals surface area (Å²) in [6, 6.07) is 8.25. The first-order valence-corrected chi connectivity index (χ1v) is 6.80. The second kappa shape index (κ2) is 6.75. The molecular weight excluding hydrogens is 240 g/mol. The van der Waals surface area contributed by atoms with E-state index in [2.05, 4.69) is 21.9 Å². The van der Waals surface area contributed by atoms with E-state index < -0.39 is 0 Å². The van der Waals surface area contributed by atoms with Gasteiger partial charge in [-0.25, -0.2) is 0 Å². The zero-order chi connectivity index (χ0) is 13.7. The third kappa shape index (κ3) is 3.59. The summed E-state index contributed by atoms with van der Waals surface area (Å²) in [6.07, 6.45) is 0. The minimum absolute atomic E-state index is 0.0813. The molecule has 0 amide bonds. The van der Waals surface area contributed by atoms with Crippen LogP contribution in [0, 0.1) is 0 Å². The standard InChI is InChI=1S/C14H24N4O/c1-19-14-5-3-2-4-13(14)18-8-6-17(7-9-18)11-12(16)10-15/h2-5,12H,6-11,15-16H2,1H3. The Kier molecular flexibility index (Phi) is 5.01. The fourth-order valence-electron chi connectivity index (χ4n) is 2.47. The number of nitrogens with zero attached hydrogens (tertiary/aromatic N) is 2. The molecule has 2 rings (SSSR count). The lowest BCUT2D eigenvalue weighted by atomic mass is 10.2. The van der Waals surface area contributed by atoms with Gasteiger partial charge in [0, 0.05) is 45.3 Å². The van der Waals surface area contributed by atoms with Crippen LogP contribution in [0.1, 0.15) is 0 Å². The highest BCUT2D eigenvalue weighted by atomic mass is 16.5. The normalized spacial score (nSPS) is 18.4. The number of ether oxygens (including phenoxy) is 1. The molecule has 1 heterocycles. The van der Waals surface area contributed by atoms with Gasteiger partial charge in [0.2, 0.25) is 0 Å². The molecule has 1 fully saturated rings. The van der Waals surface area contributed by atoms with Crippen LogP contribution in [-0.2, 0) is 0 Å². The molecule has 0 bridgehead atoms. The number of methoxy groups -OCH3 is 1. The van der Waals surface area contributed by atoms with Crippen molar-refractivity contribution in [3.63, 3.8) is 0 Å². The number of para-hydroxylation sites is 2. The first-order valence-electron chi connectivity index (χ1n) is 6.80. The van der Waals surface area contributed by atoms with E-state index in [-0.39, 0.29) is 6.04 Å². The molecule has 19 heavy (non-hydrogen) atoms. The Bertz CT molecular complexity index is 391. The molecule has 0 aliphatic carbocycles. The van der Waals surface area contributed by atoms with Crippen LogP contribution in [0.5, 0.6) is 5.75 Å². The van der Waals surface area contributed by atoms with E-state index in [1.807, 2.05) is 12.1 Å². The van der Waals surface area contributed by atoms with Crippen molar-refractivity contribution < 1.29 is 4.74 Å². The monoisotopic (exact) mass is 264 g/mol. The van der Waals surface area contributed by atoms with Gasteiger partial charge in [-0.1, -0.05) is 12.1 Å². The molecule has 1 aromatic rings. The molecule has 1 saturated heterocycles. The maximum Gasteiger partial charge on any atom is 0.142 e. The van der Waals surface area contributed by atoms with Crippen LogP contribution in [0.15, 0.2) is 24.3 Å². The summed E-state index contributed by atoms with van der Waals surface area (Å²) in [5.41, 5.74) is 12.6. The summed E-state index contributed by atoms with van der Waals surface area (Å²) < 4.78 is 5.42. The Hall–Kier alpha value is -1.30. The van der Waals surface area contributed by atoms with Crippen molar-refractivity contribution in [2.45, 2.75) is 6.04 Å². The van der Waals surface area contributed by atoms with Gasteiger partial charge in [0.05, 0.1) is 12.8 Å². The predicted molar refractivity (Wildman–Crippen MR) is 78.7 cm³/mol. The topological polar surface area (TPSA) is 67.8 Å². The Morgan fingerprint density at radius 3 is 2.53 bits per heavy atom. The van der Waals surface area contributed by atoms with Crippen LogP contribution >= 0.6 is 0 Å². The van der Waals surface area contributed by atoms with Gasteiger partial charge in [-0.3, -0.25) is 4.90 Å². The molecular formula is C14H24N4O. The third-order valence-corrected chi connectivity index (χ3v) is 3.59. The van der Waals surface area contributed by atoms with Gasteiger partial charge >= 0.3 is 0 Å². The number of rotatable bonds is 5. The minimum Gasteiger partial charge on any atom is -0.495 e. The summed E-state index contributed by atoms with van der Waals surface area (Å²) in [5, 5.41) is 0. The average Bonchev–Trinajstić information content (AvgIpc) is 2.48. The fourth-order valence-corrected chi connectivity index (χ4v) is 2.47. The second-order valence-electron chi connectivity index (χ2n) is 4.96. The smallest absolute Gasteiger partial charge is 0.142 e. The largest absolute Gasteiger partial charge is 0.495 e. The van der Waals surface area contributed by atoms with Crippen LogP contribution in [0.3, 0.4) is 0 Å². The van der Waals surface area contributed by atoms with Gasteiger partial charge < -0.3 is 21.1 Å². The number of hydrogen-bond donors (Lipinski definition) is 2. The van der Waals surface area contributed by atoms with E-state index >= 15 is 0 Å². The molecule has 0 aromatic heterocycles. The van der Waals surface area contributed by atoms with Crippen molar-refractivity contribution in [3.05, 3.63) is 24.3 Å².